The fourth-order valence-corrected chi connectivity index (χ4v) is 4.01. The molecule has 1 aliphatic heterocycles. The van der Waals surface area contributed by atoms with Crippen molar-refractivity contribution in [2.75, 3.05) is 19.6 Å². The second kappa shape index (κ2) is 7.26. The van der Waals surface area contributed by atoms with E-state index in [0.717, 1.165) is 45.3 Å². The molecular weight excluding hydrogens is 248 g/mol. The van der Waals surface area contributed by atoms with Gasteiger partial charge in [0.2, 0.25) is 5.91 Å². The fourth-order valence-electron chi connectivity index (χ4n) is 4.01. The monoisotopic (exact) mass is 278 g/mol. The molecule has 20 heavy (non-hydrogen) atoms. The minimum atomic E-state index is -0.154. The number of piperidine rings is 1. The third kappa shape index (κ3) is 3.25. The summed E-state index contributed by atoms with van der Waals surface area (Å²) in [4.78, 5) is 15.4. The Morgan fingerprint density at radius 2 is 2.15 bits per heavy atom. The number of nitrogens with one attached hydrogen (secondary N) is 1. The van der Waals surface area contributed by atoms with E-state index in [0.29, 0.717) is 11.9 Å². The van der Waals surface area contributed by atoms with Crippen LogP contribution in [0.25, 0.3) is 0 Å². The molecule has 1 unspecified atom stereocenters. The lowest BCUT2D eigenvalue weighted by atomic mass is 9.75. The van der Waals surface area contributed by atoms with E-state index in [1.165, 1.54) is 25.7 Å². The van der Waals surface area contributed by atoms with Crippen molar-refractivity contribution in [3.63, 3.8) is 0 Å². The predicted molar refractivity (Wildman–Crippen MR) is 83.6 cm³/mol. The lowest BCUT2D eigenvalue weighted by Crippen LogP contribution is -2.54. The topological polar surface area (TPSA) is 32.3 Å². The highest BCUT2D eigenvalue weighted by molar-refractivity contribution is 5.83. The largest absolute Gasteiger partial charge is 0.335 e. The van der Waals surface area contributed by atoms with Crippen molar-refractivity contribution in [1.29, 1.82) is 0 Å². The minimum Gasteiger partial charge on any atom is -0.335 e. The second-order valence-electron chi connectivity index (χ2n) is 6.50. The summed E-state index contributed by atoms with van der Waals surface area (Å²) in [6, 6.07) is 0.455. The molecule has 0 aromatic heterocycles. The zero-order valence-electron chi connectivity index (χ0n) is 13.0. The summed E-state index contributed by atoms with van der Waals surface area (Å²) in [5.41, 5.74) is -0.154. The molecule has 114 valence electrons. The summed E-state index contributed by atoms with van der Waals surface area (Å²) in [5.74, 6) is 0.387. The van der Waals surface area contributed by atoms with Crippen molar-refractivity contribution < 1.29 is 4.79 Å². The van der Waals surface area contributed by atoms with Crippen molar-refractivity contribution >= 4 is 5.91 Å². The van der Waals surface area contributed by atoms with Crippen LogP contribution in [0, 0.1) is 5.41 Å². The third-order valence-electron chi connectivity index (χ3n) is 5.01. The van der Waals surface area contributed by atoms with Gasteiger partial charge >= 0.3 is 0 Å². The van der Waals surface area contributed by atoms with Crippen LogP contribution in [0.2, 0.25) is 0 Å². The zero-order chi connectivity index (χ0) is 14.4. The number of carbonyl (C=O) groups excluding carboxylic acids is 1. The molecule has 1 atom stereocenters. The van der Waals surface area contributed by atoms with E-state index in [1.807, 2.05) is 6.08 Å². The van der Waals surface area contributed by atoms with Crippen LogP contribution in [0.5, 0.6) is 0 Å². The Labute approximate surface area is 123 Å². The molecule has 1 saturated carbocycles. The highest BCUT2D eigenvalue weighted by Gasteiger charge is 2.42. The third-order valence-corrected chi connectivity index (χ3v) is 5.01. The molecule has 0 radical (unpaired) electrons. The highest BCUT2D eigenvalue weighted by Crippen LogP contribution is 2.36. The van der Waals surface area contributed by atoms with Gasteiger partial charge in [0.15, 0.2) is 0 Å². The van der Waals surface area contributed by atoms with E-state index < -0.39 is 0 Å². The molecule has 0 aromatic carbocycles. The Morgan fingerprint density at radius 3 is 2.70 bits per heavy atom. The van der Waals surface area contributed by atoms with Crippen molar-refractivity contribution in [1.82, 2.24) is 10.2 Å². The molecule has 2 rings (SSSR count). The Bertz CT molecular complexity index is 322. The predicted octanol–water partition coefficient (Wildman–Crippen LogP) is 3.11. The maximum absolute atomic E-state index is 13.2. The Kier molecular flexibility index (Phi) is 5.64. The van der Waals surface area contributed by atoms with Gasteiger partial charge in [0, 0.05) is 19.1 Å². The summed E-state index contributed by atoms with van der Waals surface area (Å²) >= 11 is 0. The van der Waals surface area contributed by atoms with Gasteiger partial charge in [0.05, 0.1) is 5.41 Å². The van der Waals surface area contributed by atoms with Gasteiger partial charge in [-0.1, -0.05) is 32.3 Å². The molecule has 1 saturated heterocycles. The number of hydrogen-bond acceptors (Lipinski definition) is 2. The smallest absolute Gasteiger partial charge is 0.230 e. The molecule has 0 aromatic rings. The first-order valence-electron chi connectivity index (χ1n) is 8.36. The quantitative estimate of drug-likeness (QED) is 0.757. The van der Waals surface area contributed by atoms with Crippen molar-refractivity contribution in [2.24, 2.45) is 5.41 Å². The number of amides is 1. The van der Waals surface area contributed by atoms with Gasteiger partial charge in [0.25, 0.3) is 0 Å². The summed E-state index contributed by atoms with van der Waals surface area (Å²) < 4.78 is 0. The Hall–Kier alpha value is -0.830. The summed E-state index contributed by atoms with van der Waals surface area (Å²) in [5, 5.41) is 3.46. The fraction of sp³-hybridized carbons (Fsp3) is 0.824. The zero-order valence-corrected chi connectivity index (χ0v) is 13.0. The summed E-state index contributed by atoms with van der Waals surface area (Å²) in [7, 11) is 0. The molecule has 2 aliphatic rings. The van der Waals surface area contributed by atoms with Gasteiger partial charge in [-0.15, -0.1) is 6.58 Å². The van der Waals surface area contributed by atoms with Crippen LogP contribution >= 0.6 is 0 Å². The molecule has 3 nitrogen and oxygen atoms in total. The van der Waals surface area contributed by atoms with Gasteiger partial charge in [0.1, 0.15) is 0 Å². The summed E-state index contributed by atoms with van der Waals surface area (Å²) in [6.45, 7) is 8.69. The lowest BCUT2D eigenvalue weighted by Gasteiger charge is -2.42. The highest BCUT2D eigenvalue weighted by atomic mass is 16.2. The molecule has 0 bridgehead atoms. The second-order valence-corrected chi connectivity index (χ2v) is 6.50. The average molecular weight is 278 g/mol. The minimum absolute atomic E-state index is 0.154. The number of rotatable bonds is 6. The summed E-state index contributed by atoms with van der Waals surface area (Å²) in [6.07, 6.45) is 11.1. The first-order valence-corrected chi connectivity index (χ1v) is 8.36. The van der Waals surface area contributed by atoms with Crippen LogP contribution in [0.4, 0.5) is 0 Å². The van der Waals surface area contributed by atoms with E-state index in [4.69, 9.17) is 0 Å². The van der Waals surface area contributed by atoms with Crippen molar-refractivity contribution in [2.45, 2.75) is 64.3 Å². The average Bonchev–Trinajstić information content (AvgIpc) is 2.99. The maximum atomic E-state index is 13.2. The van der Waals surface area contributed by atoms with E-state index in [2.05, 4.69) is 23.7 Å². The van der Waals surface area contributed by atoms with Crippen LogP contribution < -0.4 is 5.32 Å². The van der Waals surface area contributed by atoms with Gasteiger partial charge < -0.3 is 10.2 Å². The van der Waals surface area contributed by atoms with Crippen molar-refractivity contribution in [3.8, 4) is 0 Å². The first kappa shape index (κ1) is 15.6. The molecule has 1 amide bonds. The van der Waals surface area contributed by atoms with Crippen LogP contribution in [0.3, 0.4) is 0 Å². The van der Waals surface area contributed by atoms with Crippen LogP contribution in [-0.4, -0.2) is 36.5 Å². The standard InChI is InChI=1S/C17H30N2O/c1-3-10-17(11-7-12-18-14-17)16(20)19(13-4-2)15-8-5-6-9-15/h4,15,18H,2-3,5-14H2,1H3. The van der Waals surface area contributed by atoms with Gasteiger partial charge in [-0.2, -0.15) is 0 Å². The number of hydrogen-bond donors (Lipinski definition) is 1. The van der Waals surface area contributed by atoms with E-state index in [-0.39, 0.29) is 5.41 Å². The van der Waals surface area contributed by atoms with E-state index in [9.17, 15) is 4.79 Å². The van der Waals surface area contributed by atoms with Gasteiger partial charge in [-0.25, -0.2) is 0 Å². The SMILES string of the molecule is C=CCN(C(=O)C1(CCC)CCCNC1)C1CCCC1. The number of carbonyl (C=O) groups is 1. The van der Waals surface area contributed by atoms with Crippen LogP contribution in [-0.2, 0) is 4.79 Å². The molecule has 0 spiro atoms. The maximum Gasteiger partial charge on any atom is 0.230 e. The molecule has 2 fully saturated rings. The lowest BCUT2D eigenvalue weighted by molar-refractivity contribution is -0.145. The Morgan fingerprint density at radius 1 is 1.40 bits per heavy atom. The van der Waals surface area contributed by atoms with Crippen molar-refractivity contribution in [3.05, 3.63) is 12.7 Å². The normalized spacial score (nSPS) is 27.4. The van der Waals surface area contributed by atoms with E-state index >= 15 is 0 Å². The van der Waals surface area contributed by atoms with Crippen LogP contribution in [0.1, 0.15) is 58.3 Å². The molecular formula is C17H30N2O. The van der Waals surface area contributed by atoms with Gasteiger partial charge in [-0.05, 0) is 38.6 Å². The molecule has 1 aliphatic carbocycles. The first-order chi connectivity index (χ1) is 9.73. The number of nitrogens with zero attached hydrogens (tertiary/aromatic N) is 1. The molecule has 3 heteroatoms. The van der Waals surface area contributed by atoms with Crippen LogP contribution in [0.15, 0.2) is 12.7 Å². The Balaban J connectivity index is 2.15. The van der Waals surface area contributed by atoms with E-state index in [1.54, 1.807) is 0 Å². The van der Waals surface area contributed by atoms with Gasteiger partial charge in [-0.3, -0.25) is 4.79 Å². The molecule has 1 heterocycles. The molecule has 1 N–H and O–H groups in total.